The molecule has 4 heteroatoms. The molecule has 18 heavy (non-hydrogen) atoms. The van der Waals surface area contributed by atoms with Gasteiger partial charge in [0.15, 0.2) is 0 Å². The molecule has 0 atom stereocenters. The molecule has 0 saturated heterocycles. The van der Waals surface area contributed by atoms with Gasteiger partial charge in [0, 0.05) is 11.0 Å². The van der Waals surface area contributed by atoms with Gasteiger partial charge >= 0.3 is 0 Å². The minimum Gasteiger partial charge on any atom is -0.313 e. The molecule has 1 aliphatic carbocycles. The number of rotatable bonds is 3. The summed E-state index contributed by atoms with van der Waals surface area (Å²) in [5.74, 6) is -0.190. The molecule has 0 unspecified atom stereocenters. The molecule has 0 aromatic carbocycles. The first kappa shape index (κ1) is 12.6. The Kier molecular flexibility index (Phi) is 3.96. The minimum atomic E-state index is -0.190. The number of fused-ring (bicyclic) bond motifs is 1. The highest BCUT2D eigenvalue weighted by molar-refractivity contribution is 7.16. The van der Waals surface area contributed by atoms with E-state index in [0.717, 1.165) is 24.8 Å². The van der Waals surface area contributed by atoms with E-state index in [0.29, 0.717) is 10.6 Å². The predicted molar refractivity (Wildman–Crippen MR) is 73.6 cm³/mol. The molecule has 1 heterocycles. The van der Waals surface area contributed by atoms with E-state index in [9.17, 15) is 10.1 Å². The fourth-order valence-electron chi connectivity index (χ4n) is 2.02. The Hall–Kier alpha value is -1.86. The highest BCUT2D eigenvalue weighted by Gasteiger charge is 2.22. The summed E-state index contributed by atoms with van der Waals surface area (Å²) in [5.41, 5.74) is 1.79. The normalized spacial score (nSPS) is 14.0. The van der Waals surface area contributed by atoms with Crippen LogP contribution in [-0.2, 0) is 17.6 Å². The SMILES string of the molecule is CC=CC=CC(=O)Nc1sc2c(c1C#N)CCC2. The van der Waals surface area contributed by atoms with E-state index in [1.807, 2.05) is 13.0 Å². The number of carbonyl (C=O) groups excluding carboxylic acids is 1. The van der Waals surface area contributed by atoms with Crippen molar-refractivity contribution in [2.24, 2.45) is 0 Å². The van der Waals surface area contributed by atoms with Crippen LogP contribution in [0.2, 0.25) is 0 Å². The third kappa shape index (κ3) is 2.52. The Balaban J connectivity index is 2.15. The molecule has 0 spiro atoms. The standard InChI is InChI=1S/C14H14N2OS/c1-2-3-4-8-13(17)16-14-11(9-15)10-6-5-7-12(10)18-14/h2-4,8H,5-7H2,1H3,(H,16,17). The van der Waals surface area contributed by atoms with Crippen molar-refractivity contribution >= 4 is 22.2 Å². The topological polar surface area (TPSA) is 52.9 Å². The number of aryl methyl sites for hydroxylation is 1. The van der Waals surface area contributed by atoms with Crippen molar-refractivity contribution in [1.82, 2.24) is 0 Å². The van der Waals surface area contributed by atoms with Crippen LogP contribution in [0.4, 0.5) is 5.00 Å². The number of nitrogens with zero attached hydrogens (tertiary/aromatic N) is 1. The van der Waals surface area contributed by atoms with Gasteiger partial charge in [0.1, 0.15) is 11.1 Å². The molecule has 1 N–H and O–H groups in total. The van der Waals surface area contributed by atoms with Crippen molar-refractivity contribution in [3.05, 3.63) is 40.3 Å². The van der Waals surface area contributed by atoms with E-state index in [1.54, 1.807) is 12.2 Å². The smallest absolute Gasteiger partial charge is 0.248 e. The summed E-state index contributed by atoms with van der Waals surface area (Å²) in [5, 5.41) is 12.7. The summed E-state index contributed by atoms with van der Waals surface area (Å²) in [6.45, 7) is 1.89. The van der Waals surface area contributed by atoms with Gasteiger partial charge in [-0.1, -0.05) is 18.2 Å². The maximum atomic E-state index is 11.6. The monoisotopic (exact) mass is 258 g/mol. The molecule has 1 aromatic heterocycles. The molecule has 0 aliphatic heterocycles. The van der Waals surface area contributed by atoms with Gasteiger partial charge in [0.2, 0.25) is 5.91 Å². The van der Waals surface area contributed by atoms with E-state index in [1.165, 1.54) is 22.3 Å². The summed E-state index contributed by atoms with van der Waals surface area (Å²) in [4.78, 5) is 12.9. The molecule has 0 fully saturated rings. The average Bonchev–Trinajstić information content (AvgIpc) is 2.89. The van der Waals surface area contributed by atoms with E-state index >= 15 is 0 Å². The van der Waals surface area contributed by atoms with E-state index in [2.05, 4.69) is 11.4 Å². The van der Waals surface area contributed by atoms with Crippen molar-refractivity contribution < 1.29 is 4.79 Å². The average molecular weight is 258 g/mol. The lowest BCUT2D eigenvalue weighted by atomic mass is 10.1. The molecule has 3 nitrogen and oxygen atoms in total. The Labute approximate surface area is 110 Å². The highest BCUT2D eigenvalue weighted by atomic mass is 32.1. The van der Waals surface area contributed by atoms with E-state index < -0.39 is 0 Å². The van der Waals surface area contributed by atoms with Gasteiger partial charge in [-0.2, -0.15) is 5.26 Å². The zero-order valence-electron chi connectivity index (χ0n) is 10.2. The summed E-state index contributed by atoms with van der Waals surface area (Å²) < 4.78 is 0. The molecule has 0 radical (unpaired) electrons. The summed E-state index contributed by atoms with van der Waals surface area (Å²) >= 11 is 1.53. The first-order valence-electron chi connectivity index (χ1n) is 5.91. The third-order valence-electron chi connectivity index (χ3n) is 2.82. The quantitative estimate of drug-likeness (QED) is 0.668. The zero-order valence-corrected chi connectivity index (χ0v) is 11.0. The number of nitrogens with one attached hydrogen (secondary N) is 1. The number of amides is 1. The Morgan fingerprint density at radius 3 is 3.00 bits per heavy atom. The number of allylic oxidation sites excluding steroid dienone is 3. The Morgan fingerprint density at radius 1 is 1.44 bits per heavy atom. The number of carbonyl (C=O) groups is 1. The summed E-state index contributed by atoms with van der Waals surface area (Å²) in [6.07, 6.45) is 9.89. The number of anilines is 1. The van der Waals surface area contributed by atoms with Crippen LogP contribution in [0.1, 0.15) is 29.3 Å². The van der Waals surface area contributed by atoms with Gasteiger partial charge in [0.05, 0.1) is 5.56 Å². The molecular formula is C14H14N2OS. The van der Waals surface area contributed by atoms with Crippen molar-refractivity contribution in [2.75, 3.05) is 5.32 Å². The molecule has 1 amide bonds. The summed E-state index contributed by atoms with van der Waals surface area (Å²) in [7, 11) is 0. The van der Waals surface area contributed by atoms with E-state index in [4.69, 9.17) is 0 Å². The number of nitriles is 1. The minimum absolute atomic E-state index is 0.190. The second-order valence-electron chi connectivity index (χ2n) is 4.05. The van der Waals surface area contributed by atoms with Crippen LogP contribution in [-0.4, -0.2) is 5.91 Å². The van der Waals surface area contributed by atoms with Crippen molar-refractivity contribution in [3.63, 3.8) is 0 Å². The summed E-state index contributed by atoms with van der Waals surface area (Å²) in [6, 6.07) is 2.21. The molecule has 0 saturated carbocycles. The second-order valence-corrected chi connectivity index (χ2v) is 5.15. The highest BCUT2D eigenvalue weighted by Crippen LogP contribution is 2.38. The van der Waals surface area contributed by atoms with Crippen LogP contribution < -0.4 is 5.32 Å². The zero-order chi connectivity index (χ0) is 13.0. The van der Waals surface area contributed by atoms with Gasteiger partial charge in [-0.25, -0.2) is 0 Å². The van der Waals surface area contributed by atoms with Crippen molar-refractivity contribution in [3.8, 4) is 6.07 Å². The van der Waals surface area contributed by atoms with Crippen LogP contribution >= 0.6 is 11.3 Å². The van der Waals surface area contributed by atoms with Gasteiger partial charge in [0.25, 0.3) is 0 Å². The van der Waals surface area contributed by atoms with Crippen molar-refractivity contribution in [2.45, 2.75) is 26.2 Å². The largest absolute Gasteiger partial charge is 0.313 e. The van der Waals surface area contributed by atoms with Gasteiger partial charge in [-0.3, -0.25) is 4.79 Å². The lowest BCUT2D eigenvalue weighted by Crippen LogP contribution is -2.07. The maximum absolute atomic E-state index is 11.6. The lowest BCUT2D eigenvalue weighted by Gasteiger charge is -1.99. The number of hydrogen-bond donors (Lipinski definition) is 1. The Morgan fingerprint density at radius 2 is 2.28 bits per heavy atom. The number of thiophene rings is 1. The Bertz CT molecular complexity index is 561. The molecule has 1 aliphatic rings. The van der Waals surface area contributed by atoms with Crippen LogP contribution in [0, 0.1) is 11.3 Å². The van der Waals surface area contributed by atoms with Crippen molar-refractivity contribution in [1.29, 1.82) is 5.26 Å². The predicted octanol–water partition coefficient (Wildman–Crippen LogP) is 3.18. The molecule has 0 bridgehead atoms. The molecule has 2 rings (SSSR count). The van der Waals surface area contributed by atoms with Crippen LogP contribution in [0.5, 0.6) is 0 Å². The molecular weight excluding hydrogens is 244 g/mol. The first-order chi connectivity index (χ1) is 8.76. The fraction of sp³-hybridized carbons (Fsp3) is 0.286. The first-order valence-corrected chi connectivity index (χ1v) is 6.73. The third-order valence-corrected chi connectivity index (χ3v) is 4.03. The maximum Gasteiger partial charge on any atom is 0.248 e. The van der Waals surface area contributed by atoms with Gasteiger partial charge < -0.3 is 5.32 Å². The van der Waals surface area contributed by atoms with Crippen LogP contribution in [0.15, 0.2) is 24.3 Å². The lowest BCUT2D eigenvalue weighted by molar-refractivity contribution is -0.111. The second kappa shape index (κ2) is 5.65. The molecule has 1 aromatic rings. The van der Waals surface area contributed by atoms with Crippen LogP contribution in [0.25, 0.3) is 0 Å². The fourth-order valence-corrected chi connectivity index (χ4v) is 3.26. The van der Waals surface area contributed by atoms with E-state index in [-0.39, 0.29) is 5.91 Å². The molecule has 92 valence electrons. The van der Waals surface area contributed by atoms with Gasteiger partial charge in [-0.15, -0.1) is 11.3 Å². The van der Waals surface area contributed by atoms with Crippen LogP contribution in [0.3, 0.4) is 0 Å². The number of hydrogen-bond acceptors (Lipinski definition) is 3. The van der Waals surface area contributed by atoms with Gasteiger partial charge in [-0.05, 0) is 31.7 Å².